The second-order valence-electron chi connectivity index (χ2n) is 8.20. The summed E-state index contributed by atoms with van der Waals surface area (Å²) in [7, 11) is 0. The summed E-state index contributed by atoms with van der Waals surface area (Å²) in [5.41, 5.74) is 6.85. The number of nitrogens with one attached hydrogen (secondary N) is 3. The number of nitrogens with two attached hydrogens (primary N) is 1. The molecule has 200 valence electrons. The van der Waals surface area contributed by atoms with Crippen LogP contribution < -0.4 is 21.7 Å². The molecule has 0 aliphatic heterocycles. The van der Waals surface area contributed by atoms with Gasteiger partial charge < -0.3 is 37.0 Å². The molecule has 0 aromatic heterocycles. The number of carbonyl (C=O) groups is 5. The van der Waals surface area contributed by atoms with Crippen molar-refractivity contribution >= 4 is 41.4 Å². The summed E-state index contributed by atoms with van der Waals surface area (Å²) in [5, 5.41) is 35.2. The van der Waals surface area contributed by atoms with Gasteiger partial charge in [0.05, 0.1) is 12.1 Å². The number of thioether (sulfide) groups is 1. The summed E-state index contributed by atoms with van der Waals surface area (Å²) in [6.45, 7) is 1.23. The fourth-order valence-electron chi connectivity index (χ4n) is 3.19. The Morgan fingerprint density at radius 2 is 1.53 bits per heavy atom. The molecule has 0 radical (unpaired) electrons. The highest BCUT2D eigenvalue weighted by atomic mass is 32.2. The molecule has 1 aromatic rings. The zero-order valence-corrected chi connectivity index (χ0v) is 21.0. The van der Waals surface area contributed by atoms with Crippen LogP contribution in [0.3, 0.4) is 0 Å². The highest BCUT2D eigenvalue weighted by Gasteiger charge is 2.32. The molecule has 0 aliphatic rings. The minimum Gasteiger partial charge on any atom is -0.481 e. The van der Waals surface area contributed by atoms with Gasteiger partial charge in [-0.3, -0.25) is 19.2 Å². The van der Waals surface area contributed by atoms with Crippen LogP contribution in [0.15, 0.2) is 30.3 Å². The highest BCUT2D eigenvalue weighted by molar-refractivity contribution is 7.98. The van der Waals surface area contributed by atoms with Crippen LogP contribution >= 0.6 is 11.8 Å². The number of benzene rings is 1. The number of carboxylic acid groups (broad SMARTS) is 2. The Bertz CT molecular complexity index is 899. The molecule has 13 heteroatoms. The quantitative estimate of drug-likeness (QED) is 0.141. The number of hydrogen-bond donors (Lipinski definition) is 7. The predicted molar refractivity (Wildman–Crippen MR) is 133 cm³/mol. The van der Waals surface area contributed by atoms with Gasteiger partial charge in [0.1, 0.15) is 18.1 Å². The summed E-state index contributed by atoms with van der Waals surface area (Å²) < 4.78 is 0. The molecule has 36 heavy (non-hydrogen) atoms. The third-order valence-electron chi connectivity index (χ3n) is 5.20. The van der Waals surface area contributed by atoms with Crippen LogP contribution in [0.5, 0.6) is 0 Å². The van der Waals surface area contributed by atoms with Crippen molar-refractivity contribution in [3.8, 4) is 0 Å². The minimum atomic E-state index is -1.55. The van der Waals surface area contributed by atoms with Crippen LogP contribution in [0.4, 0.5) is 0 Å². The van der Waals surface area contributed by atoms with E-state index in [9.17, 15) is 34.2 Å². The van der Waals surface area contributed by atoms with E-state index in [-0.39, 0.29) is 19.3 Å². The first-order chi connectivity index (χ1) is 17.0. The summed E-state index contributed by atoms with van der Waals surface area (Å²) in [4.78, 5) is 60.4. The largest absolute Gasteiger partial charge is 0.481 e. The normalized spacial score (nSPS) is 15.0. The van der Waals surface area contributed by atoms with Crippen molar-refractivity contribution in [2.75, 3.05) is 12.0 Å². The second-order valence-corrected chi connectivity index (χ2v) is 9.18. The van der Waals surface area contributed by atoms with Gasteiger partial charge in [0.25, 0.3) is 0 Å². The molecule has 3 amide bonds. The van der Waals surface area contributed by atoms with E-state index < -0.39 is 66.4 Å². The first kappa shape index (κ1) is 30.9. The van der Waals surface area contributed by atoms with E-state index in [2.05, 4.69) is 16.0 Å². The number of carboxylic acids is 2. The topological polar surface area (TPSA) is 208 Å². The lowest BCUT2D eigenvalue weighted by Gasteiger charge is -2.26. The molecule has 5 atom stereocenters. The number of aliphatic hydroxyl groups excluding tert-OH is 1. The van der Waals surface area contributed by atoms with Crippen molar-refractivity contribution in [2.24, 2.45) is 5.73 Å². The Kier molecular flexibility index (Phi) is 13.5. The molecule has 5 unspecified atom stereocenters. The molecule has 12 nitrogen and oxygen atoms in total. The molecule has 0 saturated heterocycles. The smallest absolute Gasteiger partial charge is 0.326 e. The van der Waals surface area contributed by atoms with Crippen molar-refractivity contribution in [1.82, 2.24) is 16.0 Å². The minimum absolute atomic E-state index is 0.210. The van der Waals surface area contributed by atoms with Crippen LogP contribution in [0.2, 0.25) is 0 Å². The first-order valence-corrected chi connectivity index (χ1v) is 12.7. The first-order valence-electron chi connectivity index (χ1n) is 11.3. The van der Waals surface area contributed by atoms with E-state index in [4.69, 9.17) is 10.8 Å². The van der Waals surface area contributed by atoms with Gasteiger partial charge in [0.15, 0.2) is 0 Å². The van der Waals surface area contributed by atoms with Gasteiger partial charge >= 0.3 is 11.9 Å². The molecule has 1 rings (SSSR count). The standard InChI is InChI=1S/C23H34N4O8S/c1-13(28)19(22(33)26-17(23(34)35)8-9-18(29)30)27-21(32)16(10-11-36-2)25-20(31)15(24)12-14-6-4-3-5-7-14/h3-7,13,15-17,19,28H,8-12,24H2,1-2H3,(H,25,31)(H,26,33)(H,27,32)(H,29,30)(H,34,35). The maximum absolute atomic E-state index is 13.0. The summed E-state index contributed by atoms with van der Waals surface area (Å²) in [6, 6.07) is 4.01. The Hall–Kier alpha value is -3.16. The molecular weight excluding hydrogens is 492 g/mol. The summed E-state index contributed by atoms with van der Waals surface area (Å²) in [5.74, 6) is -4.55. The van der Waals surface area contributed by atoms with Crippen molar-refractivity contribution in [1.29, 1.82) is 0 Å². The van der Waals surface area contributed by atoms with Gasteiger partial charge in [-0.2, -0.15) is 11.8 Å². The Morgan fingerprint density at radius 3 is 2.06 bits per heavy atom. The van der Waals surface area contributed by atoms with E-state index in [0.29, 0.717) is 5.75 Å². The lowest BCUT2D eigenvalue weighted by Crippen LogP contribution is -2.60. The van der Waals surface area contributed by atoms with Crippen molar-refractivity contribution < 1.29 is 39.3 Å². The Morgan fingerprint density at radius 1 is 0.917 bits per heavy atom. The fourth-order valence-corrected chi connectivity index (χ4v) is 3.66. The summed E-state index contributed by atoms with van der Waals surface area (Å²) >= 11 is 1.43. The van der Waals surface area contributed by atoms with Gasteiger partial charge in [-0.05, 0) is 43.8 Å². The average molecular weight is 527 g/mol. The van der Waals surface area contributed by atoms with Gasteiger partial charge in [-0.25, -0.2) is 4.79 Å². The van der Waals surface area contributed by atoms with E-state index >= 15 is 0 Å². The maximum atomic E-state index is 13.0. The molecule has 0 spiro atoms. The molecule has 0 fully saturated rings. The van der Waals surface area contributed by atoms with Crippen LogP contribution in [-0.4, -0.2) is 87.3 Å². The van der Waals surface area contributed by atoms with E-state index in [1.807, 2.05) is 36.6 Å². The molecule has 0 aliphatic carbocycles. The molecule has 0 saturated carbocycles. The van der Waals surface area contributed by atoms with Crippen LogP contribution in [0.1, 0.15) is 31.7 Å². The predicted octanol–water partition coefficient (Wildman–Crippen LogP) is -0.906. The summed E-state index contributed by atoms with van der Waals surface area (Å²) in [6.07, 6.45) is -0.0404. The Balaban J connectivity index is 2.89. The fraction of sp³-hybridized carbons (Fsp3) is 0.522. The lowest BCUT2D eigenvalue weighted by atomic mass is 10.0. The zero-order chi connectivity index (χ0) is 27.3. The molecular formula is C23H34N4O8S. The van der Waals surface area contributed by atoms with Gasteiger partial charge in [0.2, 0.25) is 17.7 Å². The monoisotopic (exact) mass is 526 g/mol. The second kappa shape index (κ2) is 15.8. The average Bonchev–Trinajstić information content (AvgIpc) is 2.82. The zero-order valence-electron chi connectivity index (χ0n) is 20.2. The van der Waals surface area contributed by atoms with Crippen LogP contribution in [0.25, 0.3) is 0 Å². The highest BCUT2D eigenvalue weighted by Crippen LogP contribution is 2.07. The number of aliphatic hydroxyl groups is 1. The van der Waals surface area contributed by atoms with Crippen molar-refractivity contribution in [3.05, 3.63) is 35.9 Å². The molecule has 0 bridgehead atoms. The van der Waals surface area contributed by atoms with E-state index in [0.717, 1.165) is 5.56 Å². The SMILES string of the molecule is CSCCC(NC(=O)C(N)Cc1ccccc1)C(=O)NC(C(=O)NC(CCC(=O)O)C(=O)O)C(C)O. The van der Waals surface area contributed by atoms with Crippen LogP contribution in [-0.2, 0) is 30.4 Å². The van der Waals surface area contributed by atoms with E-state index in [1.165, 1.54) is 18.7 Å². The van der Waals surface area contributed by atoms with Gasteiger partial charge in [0, 0.05) is 6.42 Å². The molecule has 8 N–H and O–H groups in total. The maximum Gasteiger partial charge on any atom is 0.326 e. The number of aliphatic carboxylic acids is 2. The number of carbonyl (C=O) groups excluding carboxylic acids is 3. The van der Waals surface area contributed by atoms with Crippen LogP contribution in [0, 0.1) is 0 Å². The van der Waals surface area contributed by atoms with E-state index in [1.54, 1.807) is 0 Å². The third kappa shape index (κ3) is 11.1. The number of rotatable bonds is 16. The molecule has 1 aromatic carbocycles. The third-order valence-corrected chi connectivity index (χ3v) is 5.85. The van der Waals surface area contributed by atoms with Gasteiger partial charge in [-0.15, -0.1) is 0 Å². The van der Waals surface area contributed by atoms with Gasteiger partial charge in [-0.1, -0.05) is 30.3 Å². The molecule has 0 heterocycles. The number of amides is 3. The Labute approximate surface area is 213 Å². The van der Waals surface area contributed by atoms with Crippen molar-refractivity contribution in [2.45, 2.75) is 62.9 Å². The number of hydrogen-bond acceptors (Lipinski definition) is 8. The van der Waals surface area contributed by atoms with Crippen molar-refractivity contribution in [3.63, 3.8) is 0 Å². The lowest BCUT2D eigenvalue weighted by molar-refractivity contribution is -0.144.